The average Bonchev–Trinajstić information content (AvgIpc) is 2.63. The van der Waals surface area contributed by atoms with E-state index in [0.717, 1.165) is 13.1 Å². The molecule has 0 fully saturated rings. The van der Waals surface area contributed by atoms with Crippen LogP contribution in [0.15, 0.2) is 15.2 Å². The van der Waals surface area contributed by atoms with Crippen LogP contribution < -0.4 is 5.32 Å². The third-order valence-corrected chi connectivity index (χ3v) is 3.56. The molecule has 1 N–H and O–H groups in total. The fourth-order valence-electron chi connectivity index (χ4n) is 1.21. The predicted octanol–water partition coefficient (Wildman–Crippen LogP) is 2.26. The van der Waals surface area contributed by atoms with Gasteiger partial charge in [0.15, 0.2) is 0 Å². The molecule has 0 aliphatic carbocycles. The minimum Gasteiger partial charge on any atom is -0.382 e. The van der Waals surface area contributed by atoms with Crippen LogP contribution in [0.5, 0.6) is 0 Å². The molecule has 0 aromatic carbocycles. The van der Waals surface area contributed by atoms with Crippen LogP contribution >= 0.6 is 27.3 Å². The van der Waals surface area contributed by atoms with Crippen LogP contribution in [0, 0.1) is 0 Å². The number of methoxy groups -OCH3 is 2. The van der Waals surface area contributed by atoms with Crippen molar-refractivity contribution >= 4 is 27.3 Å². The molecule has 86 valence electrons. The van der Waals surface area contributed by atoms with Crippen LogP contribution in [0.1, 0.15) is 5.56 Å². The van der Waals surface area contributed by atoms with Gasteiger partial charge in [0.05, 0.1) is 16.5 Å². The lowest BCUT2D eigenvalue weighted by molar-refractivity contribution is 0.0288. The molecule has 1 aromatic rings. The molecule has 1 unspecified atom stereocenters. The number of thiophene rings is 1. The van der Waals surface area contributed by atoms with Crippen molar-refractivity contribution in [2.75, 3.05) is 27.4 Å². The zero-order chi connectivity index (χ0) is 11.1. The predicted molar refractivity (Wildman–Crippen MR) is 66.4 cm³/mol. The Hall–Kier alpha value is 0.0600. The largest absolute Gasteiger partial charge is 0.382 e. The number of hydrogen-bond acceptors (Lipinski definition) is 4. The SMILES string of the molecule is COCC(CNCc1csc(Br)c1)OC. The monoisotopic (exact) mass is 293 g/mol. The number of ether oxygens (including phenoxy) is 2. The molecule has 1 rings (SSSR count). The molecular weight excluding hydrogens is 278 g/mol. The molecule has 1 atom stereocenters. The maximum Gasteiger partial charge on any atom is 0.0928 e. The van der Waals surface area contributed by atoms with Crippen molar-refractivity contribution in [1.82, 2.24) is 5.32 Å². The van der Waals surface area contributed by atoms with E-state index in [1.54, 1.807) is 25.6 Å². The Kier molecular flexibility index (Phi) is 6.43. The fourth-order valence-corrected chi connectivity index (χ4v) is 2.42. The second kappa shape index (κ2) is 7.35. The van der Waals surface area contributed by atoms with Crippen LogP contribution in [0.2, 0.25) is 0 Å². The van der Waals surface area contributed by atoms with E-state index >= 15 is 0 Å². The van der Waals surface area contributed by atoms with E-state index in [0.29, 0.717) is 6.61 Å². The Balaban J connectivity index is 2.20. The van der Waals surface area contributed by atoms with Crippen molar-refractivity contribution < 1.29 is 9.47 Å². The van der Waals surface area contributed by atoms with Gasteiger partial charge >= 0.3 is 0 Å². The summed E-state index contributed by atoms with van der Waals surface area (Å²) in [5.41, 5.74) is 1.29. The van der Waals surface area contributed by atoms with Gasteiger partial charge in [-0.2, -0.15) is 0 Å². The molecule has 15 heavy (non-hydrogen) atoms. The Labute approximate surface area is 103 Å². The third-order valence-electron chi connectivity index (χ3n) is 2.01. The van der Waals surface area contributed by atoms with Gasteiger partial charge in [0.1, 0.15) is 0 Å². The summed E-state index contributed by atoms with van der Waals surface area (Å²) in [7, 11) is 3.38. The third kappa shape index (κ3) is 5.08. The molecule has 0 aliphatic rings. The van der Waals surface area contributed by atoms with Gasteiger partial charge in [-0.3, -0.25) is 0 Å². The quantitative estimate of drug-likeness (QED) is 0.837. The van der Waals surface area contributed by atoms with E-state index in [4.69, 9.17) is 9.47 Å². The minimum absolute atomic E-state index is 0.122. The van der Waals surface area contributed by atoms with Crippen LogP contribution in [0.25, 0.3) is 0 Å². The normalized spacial score (nSPS) is 13.0. The Morgan fingerprint density at radius 1 is 1.53 bits per heavy atom. The van der Waals surface area contributed by atoms with Crippen LogP contribution in [0.4, 0.5) is 0 Å². The van der Waals surface area contributed by atoms with Gasteiger partial charge in [-0.1, -0.05) is 0 Å². The first-order valence-electron chi connectivity index (χ1n) is 4.71. The molecule has 0 spiro atoms. The van der Waals surface area contributed by atoms with Gasteiger partial charge in [0.25, 0.3) is 0 Å². The zero-order valence-electron chi connectivity index (χ0n) is 8.96. The highest BCUT2D eigenvalue weighted by Crippen LogP contribution is 2.20. The Morgan fingerprint density at radius 3 is 2.87 bits per heavy atom. The maximum atomic E-state index is 5.24. The van der Waals surface area contributed by atoms with E-state index in [1.165, 1.54) is 9.35 Å². The molecule has 1 aromatic heterocycles. The van der Waals surface area contributed by atoms with Crippen molar-refractivity contribution in [1.29, 1.82) is 0 Å². The first-order valence-corrected chi connectivity index (χ1v) is 6.39. The maximum absolute atomic E-state index is 5.24. The van der Waals surface area contributed by atoms with E-state index < -0.39 is 0 Å². The summed E-state index contributed by atoms with van der Waals surface area (Å²) in [6.07, 6.45) is 0.122. The van der Waals surface area contributed by atoms with Crippen molar-refractivity contribution in [3.8, 4) is 0 Å². The van der Waals surface area contributed by atoms with Crippen molar-refractivity contribution in [2.24, 2.45) is 0 Å². The summed E-state index contributed by atoms with van der Waals surface area (Å²) in [6, 6.07) is 2.12. The van der Waals surface area contributed by atoms with Crippen molar-refractivity contribution in [3.63, 3.8) is 0 Å². The lowest BCUT2D eigenvalue weighted by Crippen LogP contribution is -2.31. The van der Waals surface area contributed by atoms with Crippen molar-refractivity contribution in [3.05, 3.63) is 20.8 Å². The molecule has 5 heteroatoms. The second-order valence-corrected chi connectivity index (χ2v) is 5.49. The van der Waals surface area contributed by atoms with Gasteiger partial charge in [0, 0.05) is 27.3 Å². The molecule has 0 saturated heterocycles. The highest BCUT2D eigenvalue weighted by molar-refractivity contribution is 9.11. The molecular formula is C10H16BrNO2S. The van der Waals surface area contributed by atoms with E-state index in [9.17, 15) is 0 Å². The summed E-state index contributed by atoms with van der Waals surface area (Å²) in [5, 5.41) is 5.47. The zero-order valence-corrected chi connectivity index (χ0v) is 11.4. The van der Waals surface area contributed by atoms with Gasteiger partial charge in [-0.25, -0.2) is 0 Å². The molecule has 1 heterocycles. The van der Waals surface area contributed by atoms with Gasteiger partial charge in [-0.15, -0.1) is 11.3 Å². The first-order chi connectivity index (χ1) is 7.26. The lowest BCUT2D eigenvalue weighted by atomic mass is 10.3. The minimum atomic E-state index is 0.122. The molecule has 0 amide bonds. The smallest absolute Gasteiger partial charge is 0.0928 e. The number of nitrogens with one attached hydrogen (secondary N) is 1. The second-order valence-electron chi connectivity index (χ2n) is 3.20. The summed E-state index contributed by atoms with van der Waals surface area (Å²) in [4.78, 5) is 0. The number of halogens is 1. The lowest BCUT2D eigenvalue weighted by Gasteiger charge is -2.14. The molecule has 0 bridgehead atoms. The molecule has 0 saturated carbocycles. The Morgan fingerprint density at radius 2 is 2.33 bits per heavy atom. The van der Waals surface area contributed by atoms with Crippen LogP contribution in [0.3, 0.4) is 0 Å². The van der Waals surface area contributed by atoms with Gasteiger partial charge < -0.3 is 14.8 Å². The fraction of sp³-hybridized carbons (Fsp3) is 0.600. The topological polar surface area (TPSA) is 30.5 Å². The highest BCUT2D eigenvalue weighted by atomic mass is 79.9. The number of rotatable bonds is 7. The van der Waals surface area contributed by atoms with Gasteiger partial charge in [-0.05, 0) is 32.9 Å². The van der Waals surface area contributed by atoms with Gasteiger partial charge in [0.2, 0.25) is 0 Å². The van der Waals surface area contributed by atoms with E-state index in [-0.39, 0.29) is 6.10 Å². The van der Waals surface area contributed by atoms with E-state index in [1.807, 2.05) is 0 Å². The summed E-state index contributed by atoms with van der Waals surface area (Å²) in [6.45, 7) is 2.29. The summed E-state index contributed by atoms with van der Waals surface area (Å²) >= 11 is 5.14. The average molecular weight is 294 g/mol. The van der Waals surface area contributed by atoms with E-state index in [2.05, 4.69) is 32.7 Å². The highest BCUT2D eigenvalue weighted by Gasteiger charge is 2.05. The Bertz CT molecular complexity index is 280. The summed E-state index contributed by atoms with van der Waals surface area (Å²) in [5.74, 6) is 0. The van der Waals surface area contributed by atoms with Crippen LogP contribution in [-0.4, -0.2) is 33.5 Å². The molecule has 0 radical (unpaired) electrons. The molecule has 3 nitrogen and oxygen atoms in total. The summed E-state index contributed by atoms with van der Waals surface area (Å²) < 4.78 is 11.4. The molecule has 0 aliphatic heterocycles. The standard InChI is InChI=1S/C10H16BrNO2S/c1-13-6-9(14-2)5-12-4-8-3-10(11)15-7-8/h3,7,9,12H,4-6H2,1-2H3. The van der Waals surface area contributed by atoms with Crippen LogP contribution in [-0.2, 0) is 16.0 Å². The number of hydrogen-bond donors (Lipinski definition) is 1. The first kappa shape index (κ1) is 13.1. The van der Waals surface area contributed by atoms with Crippen molar-refractivity contribution in [2.45, 2.75) is 12.6 Å².